The normalized spacial score (nSPS) is 16.4. The first kappa shape index (κ1) is 21.2. The van der Waals surface area contributed by atoms with Crippen LogP contribution in [0.15, 0.2) is 36.8 Å². The molecule has 1 aliphatic heterocycles. The molecule has 0 saturated carbocycles. The van der Waals surface area contributed by atoms with Crippen LogP contribution < -0.4 is 0 Å². The van der Waals surface area contributed by atoms with Crippen molar-refractivity contribution >= 4 is 16.6 Å². The third-order valence-corrected chi connectivity index (χ3v) is 6.80. The lowest BCUT2D eigenvalue weighted by Gasteiger charge is -2.35. The average Bonchev–Trinajstić information content (AvgIpc) is 3.37. The Morgan fingerprint density at radius 3 is 2.69 bits per heavy atom. The van der Waals surface area contributed by atoms with Crippen molar-refractivity contribution in [3.8, 4) is 11.3 Å². The zero-order chi connectivity index (χ0) is 22.5. The van der Waals surface area contributed by atoms with Crippen LogP contribution in [0.4, 0.5) is 0 Å². The number of aliphatic hydroxyl groups is 1. The lowest BCUT2D eigenvalue weighted by molar-refractivity contribution is 0.0282. The highest BCUT2D eigenvalue weighted by Crippen LogP contribution is 2.35. The number of hydrogen-bond donors (Lipinski definition) is 2. The van der Waals surface area contributed by atoms with Crippen LogP contribution >= 0.6 is 0 Å². The largest absolute Gasteiger partial charge is 0.389 e. The number of nitrogens with zero attached hydrogens (tertiary/aromatic N) is 4. The number of nitrogens with one attached hydrogen (secondary N) is 1. The summed E-state index contributed by atoms with van der Waals surface area (Å²) < 4.78 is 1.86. The molecule has 3 aromatic heterocycles. The second-order valence-corrected chi connectivity index (χ2v) is 9.94. The van der Waals surface area contributed by atoms with Gasteiger partial charge in [-0.15, -0.1) is 0 Å². The van der Waals surface area contributed by atoms with Gasteiger partial charge in [-0.05, 0) is 93.9 Å². The Kier molecular flexibility index (Phi) is 5.30. The fourth-order valence-electron chi connectivity index (χ4n) is 5.34. The molecule has 0 spiro atoms. The van der Waals surface area contributed by atoms with Gasteiger partial charge in [0.25, 0.3) is 0 Å². The topological polar surface area (TPSA) is 69.5 Å². The molecule has 1 aromatic carbocycles. The molecule has 2 N–H and O–H groups in total. The van der Waals surface area contributed by atoms with Crippen LogP contribution in [0.25, 0.3) is 27.8 Å². The smallest absolute Gasteiger partial charge is 0.158 e. The summed E-state index contributed by atoms with van der Waals surface area (Å²) in [5, 5.41) is 15.8. The van der Waals surface area contributed by atoms with Crippen molar-refractivity contribution in [2.75, 3.05) is 19.6 Å². The van der Waals surface area contributed by atoms with E-state index in [1.165, 1.54) is 27.7 Å². The fourth-order valence-corrected chi connectivity index (χ4v) is 5.34. The summed E-state index contributed by atoms with van der Waals surface area (Å²) in [6.07, 6.45) is 6.93. The Morgan fingerprint density at radius 1 is 1.19 bits per heavy atom. The van der Waals surface area contributed by atoms with E-state index in [0.29, 0.717) is 5.92 Å². The van der Waals surface area contributed by atoms with Crippen molar-refractivity contribution in [1.29, 1.82) is 0 Å². The standard InChI is InChI=1S/C26H33N5O/c1-5-21-22-13-19(18-8-10-30(11-9-18)15-26(3,4)32)6-7-23(22)29-24(21)20-12-17(2)25-27-16-28-31(25)14-20/h6-7,12-14,16,18,29,32H,5,8-11,15H2,1-4H3. The van der Waals surface area contributed by atoms with E-state index >= 15 is 0 Å². The maximum atomic E-state index is 10.1. The van der Waals surface area contributed by atoms with Gasteiger partial charge in [-0.3, -0.25) is 0 Å². The average molecular weight is 432 g/mol. The predicted octanol–water partition coefficient (Wildman–Crippen LogP) is 4.70. The van der Waals surface area contributed by atoms with Crippen LogP contribution in [0, 0.1) is 6.92 Å². The number of likely N-dealkylation sites (tertiary alicyclic amines) is 1. The summed E-state index contributed by atoms with van der Waals surface area (Å²) >= 11 is 0. The van der Waals surface area contributed by atoms with Crippen LogP contribution in [0.1, 0.15) is 56.2 Å². The molecule has 0 atom stereocenters. The van der Waals surface area contributed by atoms with E-state index in [4.69, 9.17) is 0 Å². The second kappa shape index (κ2) is 8.01. The first-order valence-electron chi connectivity index (χ1n) is 11.7. The van der Waals surface area contributed by atoms with Crippen molar-refractivity contribution < 1.29 is 5.11 Å². The Labute approximate surface area is 189 Å². The van der Waals surface area contributed by atoms with Crippen LogP contribution in [0.5, 0.6) is 0 Å². The quantitative estimate of drug-likeness (QED) is 0.481. The van der Waals surface area contributed by atoms with E-state index in [1.807, 2.05) is 18.4 Å². The molecule has 6 heteroatoms. The molecule has 6 nitrogen and oxygen atoms in total. The summed E-state index contributed by atoms with van der Waals surface area (Å²) in [7, 11) is 0. The highest BCUT2D eigenvalue weighted by molar-refractivity contribution is 5.91. The minimum absolute atomic E-state index is 0.578. The molecule has 1 fully saturated rings. The van der Waals surface area contributed by atoms with Gasteiger partial charge in [-0.1, -0.05) is 13.0 Å². The summed E-state index contributed by atoms with van der Waals surface area (Å²) in [5.41, 5.74) is 7.72. The summed E-state index contributed by atoms with van der Waals surface area (Å²) in [4.78, 5) is 10.4. The van der Waals surface area contributed by atoms with Gasteiger partial charge < -0.3 is 15.0 Å². The van der Waals surface area contributed by atoms with Gasteiger partial charge in [-0.25, -0.2) is 9.50 Å². The molecule has 0 aliphatic carbocycles. The van der Waals surface area contributed by atoms with E-state index < -0.39 is 5.60 Å². The molecule has 1 aliphatic rings. The Hall–Kier alpha value is -2.70. The zero-order valence-electron chi connectivity index (χ0n) is 19.5. The van der Waals surface area contributed by atoms with Gasteiger partial charge in [0.1, 0.15) is 6.33 Å². The molecule has 5 rings (SSSR count). The number of rotatable bonds is 5. The van der Waals surface area contributed by atoms with E-state index in [9.17, 15) is 5.11 Å². The minimum atomic E-state index is -0.628. The Bertz CT molecular complexity index is 1250. The van der Waals surface area contributed by atoms with Crippen molar-refractivity contribution in [3.05, 3.63) is 53.5 Å². The van der Waals surface area contributed by atoms with Gasteiger partial charge in [0.05, 0.1) is 11.3 Å². The van der Waals surface area contributed by atoms with Crippen molar-refractivity contribution in [2.24, 2.45) is 0 Å². The summed E-state index contributed by atoms with van der Waals surface area (Å²) in [6.45, 7) is 10.9. The molecule has 4 heterocycles. The maximum Gasteiger partial charge on any atom is 0.158 e. The summed E-state index contributed by atoms with van der Waals surface area (Å²) in [5.74, 6) is 0.578. The van der Waals surface area contributed by atoms with Gasteiger partial charge in [0, 0.05) is 29.2 Å². The first-order chi connectivity index (χ1) is 15.3. The molecular formula is C26H33N5O. The number of benzene rings is 1. The highest BCUT2D eigenvalue weighted by atomic mass is 16.3. The van der Waals surface area contributed by atoms with Crippen LogP contribution in [0.3, 0.4) is 0 Å². The van der Waals surface area contributed by atoms with Crippen LogP contribution in [-0.4, -0.2) is 54.8 Å². The molecule has 0 bridgehead atoms. The monoisotopic (exact) mass is 431 g/mol. The summed E-state index contributed by atoms with van der Waals surface area (Å²) in [6, 6.07) is 9.15. The molecule has 0 unspecified atom stereocenters. The molecule has 4 aromatic rings. The molecular weight excluding hydrogens is 398 g/mol. The SMILES string of the molecule is CCc1c(-c2cc(C)c3ncnn3c2)[nH]c2ccc(C3CCN(CC(C)(C)O)CC3)cc12. The zero-order valence-corrected chi connectivity index (χ0v) is 19.5. The number of hydrogen-bond acceptors (Lipinski definition) is 4. The number of aromatic nitrogens is 4. The third-order valence-electron chi connectivity index (χ3n) is 6.80. The minimum Gasteiger partial charge on any atom is -0.389 e. The van der Waals surface area contributed by atoms with E-state index in [1.54, 1.807) is 6.33 Å². The number of aromatic amines is 1. The maximum absolute atomic E-state index is 10.1. The number of piperidine rings is 1. The van der Waals surface area contributed by atoms with E-state index in [-0.39, 0.29) is 0 Å². The predicted molar refractivity (Wildman–Crippen MR) is 129 cm³/mol. The molecule has 168 valence electrons. The number of fused-ring (bicyclic) bond motifs is 2. The lowest BCUT2D eigenvalue weighted by Crippen LogP contribution is -2.42. The molecule has 32 heavy (non-hydrogen) atoms. The van der Waals surface area contributed by atoms with Gasteiger partial charge >= 0.3 is 0 Å². The number of aryl methyl sites for hydroxylation is 2. The lowest BCUT2D eigenvalue weighted by atomic mass is 9.88. The van der Waals surface area contributed by atoms with Crippen LogP contribution in [0.2, 0.25) is 0 Å². The third kappa shape index (κ3) is 3.93. The van der Waals surface area contributed by atoms with Gasteiger partial charge in [0.15, 0.2) is 5.65 Å². The van der Waals surface area contributed by atoms with Gasteiger partial charge in [0.2, 0.25) is 0 Å². The van der Waals surface area contributed by atoms with E-state index in [0.717, 1.165) is 55.7 Å². The highest BCUT2D eigenvalue weighted by Gasteiger charge is 2.25. The van der Waals surface area contributed by atoms with Crippen molar-refractivity contribution in [3.63, 3.8) is 0 Å². The number of H-pyrrole nitrogens is 1. The molecule has 1 saturated heterocycles. The van der Waals surface area contributed by atoms with Crippen molar-refractivity contribution in [2.45, 2.75) is 58.5 Å². The number of pyridine rings is 1. The van der Waals surface area contributed by atoms with Crippen molar-refractivity contribution in [1.82, 2.24) is 24.5 Å². The first-order valence-corrected chi connectivity index (χ1v) is 11.7. The second-order valence-electron chi connectivity index (χ2n) is 9.94. The Balaban J connectivity index is 1.46. The molecule has 0 radical (unpaired) electrons. The molecule has 0 amide bonds. The van der Waals surface area contributed by atoms with E-state index in [2.05, 4.69) is 64.3 Å². The number of β-amino-alcohol motifs (C(OH)–C–C–N with tert-alkyl or cyclic N) is 1. The fraction of sp³-hybridized carbons (Fsp3) is 0.462. The van der Waals surface area contributed by atoms with Crippen LogP contribution in [-0.2, 0) is 6.42 Å². The van der Waals surface area contributed by atoms with Gasteiger partial charge in [-0.2, -0.15) is 5.10 Å². The Morgan fingerprint density at radius 2 is 1.97 bits per heavy atom.